The SMILES string of the molecule is C=Cc1ccc(COc2cc(C)c3c(c2)O/C(=C\c2ccc(N(C)C)cc2)C3=O)cc1. The molecule has 0 spiro atoms. The molecule has 0 fully saturated rings. The van der Waals surface area contributed by atoms with Crippen LogP contribution >= 0.6 is 0 Å². The summed E-state index contributed by atoms with van der Waals surface area (Å²) in [7, 11) is 3.99. The van der Waals surface area contributed by atoms with Gasteiger partial charge in [0.25, 0.3) is 0 Å². The predicted octanol–water partition coefficient (Wildman–Crippen LogP) is 5.90. The maximum atomic E-state index is 12.9. The smallest absolute Gasteiger partial charge is 0.232 e. The van der Waals surface area contributed by atoms with E-state index in [0.717, 1.165) is 27.9 Å². The van der Waals surface area contributed by atoms with Crippen molar-refractivity contribution in [1.82, 2.24) is 0 Å². The highest BCUT2D eigenvalue weighted by molar-refractivity contribution is 6.15. The zero-order chi connectivity index (χ0) is 22.0. The van der Waals surface area contributed by atoms with Crippen LogP contribution in [0.3, 0.4) is 0 Å². The molecule has 0 radical (unpaired) electrons. The highest BCUT2D eigenvalue weighted by Crippen LogP contribution is 2.37. The molecule has 31 heavy (non-hydrogen) atoms. The summed E-state index contributed by atoms with van der Waals surface area (Å²) >= 11 is 0. The fourth-order valence-electron chi connectivity index (χ4n) is 3.50. The summed E-state index contributed by atoms with van der Waals surface area (Å²) < 4.78 is 11.9. The van der Waals surface area contributed by atoms with E-state index in [1.165, 1.54) is 0 Å². The molecule has 156 valence electrons. The highest BCUT2D eigenvalue weighted by atomic mass is 16.5. The zero-order valence-corrected chi connectivity index (χ0v) is 18.0. The van der Waals surface area contributed by atoms with Crippen molar-refractivity contribution >= 4 is 23.6 Å². The molecule has 0 N–H and O–H groups in total. The number of ether oxygens (including phenoxy) is 2. The van der Waals surface area contributed by atoms with E-state index in [4.69, 9.17) is 9.47 Å². The second-order valence-corrected chi connectivity index (χ2v) is 7.77. The van der Waals surface area contributed by atoms with Crippen LogP contribution in [-0.2, 0) is 6.61 Å². The minimum Gasteiger partial charge on any atom is -0.489 e. The van der Waals surface area contributed by atoms with E-state index < -0.39 is 0 Å². The first-order valence-electron chi connectivity index (χ1n) is 10.1. The third kappa shape index (κ3) is 4.38. The Morgan fingerprint density at radius 2 is 1.68 bits per heavy atom. The van der Waals surface area contributed by atoms with Crippen LogP contribution in [0, 0.1) is 6.92 Å². The Balaban J connectivity index is 1.52. The number of allylic oxidation sites excluding steroid dienone is 1. The third-order valence-electron chi connectivity index (χ3n) is 5.27. The van der Waals surface area contributed by atoms with Gasteiger partial charge in [-0.1, -0.05) is 49.1 Å². The van der Waals surface area contributed by atoms with E-state index in [0.29, 0.717) is 29.4 Å². The number of hydrogen-bond donors (Lipinski definition) is 0. The second-order valence-electron chi connectivity index (χ2n) is 7.77. The van der Waals surface area contributed by atoms with Gasteiger partial charge < -0.3 is 14.4 Å². The number of carbonyl (C=O) groups is 1. The molecule has 1 heterocycles. The number of Topliss-reactive ketones (excluding diaryl/α,β-unsaturated/α-hetero) is 1. The molecule has 0 unspecified atom stereocenters. The standard InChI is InChI=1S/C27H25NO3/c1-5-19-6-8-21(9-7-19)17-30-23-14-18(2)26-24(16-23)31-25(27(26)29)15-20-10-12-22(13-11-20)28(3)4/h5-16H,1,17H2,2-4H3/b25-15-. The van der Waals surface area contributed by atoms with E-state index in [2.05, 4.69) is 6.58 Å². The average molecular weight is 412 g/mol. The van der Waals surface area contributed by atoms with Gasteiger partial charge in [-0.25, -0.2) is 0 Å². The molecule has 0 aliphatic carbocycles. The number of ketones is 1. The topological polar surface area (TPSA) is 38.8 Å². The number of carbonyl (C=O) groups excluding carboxylic acids is 1. The monoisotopic (exact) mass is 411 g/mol. The molecule has 1 aliphatic rings. The van der Waals surface area contributed by atoms with Gasteiger partial charge in [0.15, 0.2) is 5.76 Å². The second kappa shape index (κ2) is 8.52. The van der Waals surface area contributed by atoms with Crippen LogP contribution in [0.25, 0.3) is 12.2 Å². The van der Waals surface area contributed by atoms with Crippen molar-refractivity contribution in [2.45, 2.75) is 13.5 Å². The largest absolute Gasteiger partial charge is 0.489 e. The van der Waals surface area contributed by atoms with Gasteiger partial charge in [-0.05, 0) is 53.5 Å². The molecule has 0 aromatic heterocycles. The summed E-state index contributed by atoms with van der Waals surface area (Å²) in [6.45, 7) is 6.11. The third-order valence-corrected chi connectivity index (χ3v) is 5.27. The van der Waals surface area contributed by atoms with Crippen LogP contribution in [0.5, 0.6) is 11.5 Å². The lowest BCUT2D eigenvalue weighted by Gasteiger charge is -2.11. The molecule has 0 saturated heterocycles. The number of rotatable bonds is 6. The summed E-state index contributed by atoms with van der Waals surface area (Å²) in [5.74, 6) is 1.44. The summed E-state index contributed by atoms with van der Waals surface area (Å²) in [4.78, 5) is 14.9. The molecule has 3 aromatic carbocycles. The molecule has 4 rings (SSSR count). The number of hydrogen-bond acceptors (Lipinski definition) is 4. The van der Waals surface area contributed by atoms with Gasteiger partial charge in [0.2, 0.25) is 5.78 Å². The van der Waals surface area contributed by atoms with Crippen LogP contribution < -0.4 is 14.4 Å². The highest BCUT2D eigenvalue weighted by Gasteiger charge is 2.30. The maximum Gasteiger partial charge on any atom is 0.232 e. The zero-order valence-electron chi connectivity index (χ0n) is 18.0. The molecule has 4 heteroatoms. The first-order chi connectivity index (χ1) is 14.9. The Morgan fingerprint density at radius 1 is 1.00 bits per heavy atom. The van der Waals surface area contributed by atoms with E-state index in [9.17, 15) is 4.79 Å². The first kappa shape index (κ1) is 20.5. The van der Waals surface area contributed by atoms with Crippen LogP contribution in [0.1, 0.15) is 32.6 Å². The first-order valence-corrected chi connectivity index (χ1v) is 10.1. The van der Waals surface area contributed by atoms with E-state index in [-0.39, 0.29) is 5.78 Å². The van der Waals surface area contributed by atoms with Crippen LogP contribution in [0.4, 0.5) is 5.69 Å². The van der Waals surface area contributed by atoms with Gasteiger partial charge >= 0.3 is 0 Å². The lowest BCUT2D eigenvalue weighted by Crippen LogP contribution is -2.08. The fraction of sp³-hybridized carbons (Fsp3) is 0.148. The van der Waals surface area contributed by atoms with Crippen molar-refractivity contribution in [2.24, 2.45) is 0 Å². The van der Waals surface area contributed by atoms with Gasteiger partial charge in [0, 0.05) is 25.8 Å². The van der Waals surface area contributed by atoms with Crippen molar-refractivity contribution in [1.29, 1.82) is 0 Å². The van der Waals surface area contributed by atoms with Crippen molar-refractivity contribution in [2.75, 3.05) is 19.0 Å². The van der Waals surface area contributed by atoms with Crippen molar-refractivity contribution in [3.63, 3.8) is 0 Å². The summed E-state index contributed by atoms with van der Waals surface area (Å²) in [5, 5.41) is 0. The lowest BCUT2D eigenvalue weighted by molar-refractivity contribution is 0.101. The molecular formula is C27H25NO3. The number of fused-ring (bicyclic) bond motifs is 1. The fourth-order valence-corrected chi connectivity index (χ4v) is 3.50. The summed E-state index contributed by atoms with van der Waals surface area (Å²) in [6, 6.07) is 19.7. The minimum absolute atomic E-state index is 0.101. The molecule has 0 atom stereocenters. The molecule has 3 aromatic rings. The minimum atomic E-state index is -0.101. The van der Waals surface area contributed by atoms with E-state index in [1.807, 2.05) is 86.6 Å². The molecule has 1 aliphatic heterocycles. The Bertz CT molecular complexity index is 1160. The molecular weight excluding hydrogens is 386 g/mol. The van der Waals surface area contributed by atoms with E-state index >= 15 is 0 Å². The number of benzene rings is 3. The van der Waals surface area contributed by atoms with Crippen molar-refractivity contribution in [3.8, 4) is 11.5 Å². The van der Waals surface area contributed by atoms with Crippen molar-refractivity contribution < 1.29 is 14.3 Å². The van der Waals surface area contributed by atoms with Crippen LogP contribution in [0.2, 0.25) is 0 Å². The lowest BCUT2D eigenvalue weighted by atomic mass is 10.0. The summed E-state index contributed by atoms with van der Waals surface area (Å²) in [5.41, 5.74) is 5.58. The predicted molar refractivity (Wildman–Crippen MR) is 126 cm³/mol. The Morgan fingerprint density at radius 3 is 2.32 bits per heavy atom. The van der Waals surface area contributed by atoms with Gasteiger partial charge in [-0.15, -0.1) is 0 Å². The Kier molecular flexibility index (Phi) is 5.63. The Hall–Kier alpha value is -3.79. The molecule has 0 saturated carbocycles. The number of aryl methyl sites for hydroxylation is 1. The summed E-state index contributed by atoms with van der Waals surface area (Å²) in [6.07, 6.45) is 3.59. The number of anilines is 1. The maximum absolute atomic E-state index is 12.9. The van der Waals surface area contributed by atoms with Gasteiger partial charge in [0.1, 0.15) is 18.1 Å². The van der Waals surface area contributed by atoms with Crippen LogP contribution in [-0.4, -0.2) is 19.9 Å². The van der Waals surface area contributed by atoms with Crippen molar-refractivity contribution in [3.05, 3.63) is 101 Å². The molecule has 0 amide bonds. The molecule has 0 bridgehead atoms. The van der Waals surface area contributed by atoms with Gasteiger partial charge in [0.05, 0.1) is 5.56 Å². The van der Waals surface area contributed by atoms with Crippen LogP contribution in [0.15, 0.2) is 73.0 Å². The van der Waals surface area contributed by atoms with Gasteiger partial charge in [-0.2, -0.15) is 0 Å². The quantitative estimate of drug-likeness (QED) is 0.474. The molecule has 4 nitrogen and oxygen atoms in total. The Labute approximate surface area is 183 Å². The number of nitrogens with zero attached hydrogens (tertiary/aromatic N) is 1. The average Bonchev–Trinajstić information content (AvgIpc) is 3.08. The van der Waals surface area contributed by atoms with E-state index in [1.54, 1.807) is 12.1 Å². The van der Waals surface area contributed by atoms with Gasteiger partial charge in [-0.3, -0.25) is 4.79 Å². The normalized spacial score (nSPS) is 13.6.